The SMILES string of the molecule is CO[C@H]1[C@@H](OC)C[C@H](C)[C@@H](OC)C2=CC(=O)C=C(NC(=O)C(C)=CC=C[C@H](OC)[C@@H](OC(N)=O)C(C)=C[C@@H]1C)C2=O. The van der Waals surface area contributed by atoms with E-state index >= 15 is 0 Å². The van der Waals surface area contributed by atoms with Crippen LogP contribution in [0.15, 0.2) is 58.9 Å². The minimum Gasteiger partial charge on any atom is -0.439 e. The summed E-state index contributed by atoms with van der Waals surface area (Å²) in [6.07, 6.45) is 5.11. The molecule has 2 bridgehead atoms. The fourth-order valence-electron chi connectivity index (χ4n) is 5.21. The molecular weight excluding hydrogens is 532 g/mol. The molecule has 3 N–H and O–H groups in total. The lowest BCUT2D eigenvalue weighted by Gasteiger charge is -2.34. The molecule has 226 valence electrons. The van der Waals surface area contributed by atoms with Gasteiger partial charge in [-0.3, -0.25) is 14.4 Å². The van der Waals surface area contributed by atoms with Gasteiger partial charge >= 0.3 is 6.09 Å². The van der Waals surface area contributed by atoms with Gasteiger partial charge in [0.05, 0.1) is 24.0 Å². The molecule has 0 saturated carbocycles. The minimum atomic E-state index is -0.972. The van der Waals surface area contributed by atoms with Crippen molar-refractivity contribution < 1.29 is 42.9 Å². The third-order valence-electron chi connectivity index (χ3n) is 7.27. The van der Waals surface area contributed by atoms with Gasteiger partial charge < -0.3 is 34.7 Å². The second-order valence-corrected chi connectivity index (χ2v) is 10.2. The van der Waals surface area contributed by atoms with Crippen molar-refractivity contribution >= 4 is 23.6 Å². The van der Waals surface area contributed by atoms with E-state index in [4.69, 9.17) is 29.4 Å². The van der Waals surface area contributed by atoms with E-state index < -0.39 is 54.1 Å². The summed E-state index contributed by atoms with van der Waals surface area (Å²) in [5.41, 5.74) is 6.29. The first-order valence-electron chi connectivity index (χ1n) is 13.3. The lowest BCUT2D eigenvalue weighted by Crippen LogP contribution is -2.41. The van der Waals surface area contributed by atoms with Crippen molar-refractivity contribution in [2.75, 3.05) is 28.4 Å². The van der Waals surface area contributed by atoms with Gasteiger partial charge in [0, 0.05) is 51.6 Å². The van der Waals surface area contributed by atoms with Crippen LogP contribution in [-0.4, -0.2) is 82.5 Å². The number of primary amides is 1. The van der Waals surface area contributed by atoms with Crippen molar-refractivity contribution in [1.29, 1.82) is 0 Å². The van der Waals surface area contributed by atoms with Crippen LogP contribution in [0.3, 0.4) is 0 Å². The number of ether oxygens (including phenoxy) is 5. The van der Waals surface area contributed by atoms with E-state index in [1.54, 1.807) is 40.2 Å². The van der Waals surface area contributed by atoms with E-state index in [0.29, 0.717) is 12.0 Å². The summed E-state index contributed by atoms with van der Waals surface area (Å²) < 4.78 is 28.4. The molecule has 0 aromatic carbocycles. The summed E-state index contributed by atoms with van der Waals surface area (Å²) in [6, 6.07) is 0. The number of rotatable bonds is 5. The molecule has 0 radical (unpaired) electrons. The van der Waals surface area contributed by atoms with Crippen molar-refractivity contribution in [2.45, 2.75) is 64.6 Å². The lowest BCUT2D eigenvalue weighted by molar-refractivity contribution is -0.120. The summed E-state index contributed by atoms with van der Waals surface area (Å²) in [5.74, 6) is -2.04. The Kier molecular flexibility index (Phi) is 12.8. The van der Waals surface area contributed by atoms with Gasteiger partial charge in [-0.15, -0.1) is 0 Å². The fraction of sp³-hybridized carbons (Fsp3) is 0.533. The predicted octanol–water partition coefficient (Wildman–Crippen LogP) is 2.71. The van der Waals surface area contributed by atoms with E-state index in [1.807, 2.05) is 19.9 Å². The van der Waals surface area contributed by atoms with Crippen molar-refractivity contribution in [1.82, 2.24) is 5.32 Å². The minimum absolute atomic E-state index is 0.141. The van der Waals surface area contributed by atoms with Gasteiger partial charge in [-0.25, -0.2) is 4.79 Å². The summed E-state index contributed by atoms with van der Waals surface area (Å²) >= 11 is 0. The summed E-state index contributed by atoms with van der Waals surface area (Å²) in [5, 5.41) is 2.54. The number of allylic oxidation sites excluding steroid dienone is 5. The van der Waals surface area contributed by atoms with Crippen LogP contribution in [0.1, 0.15) is 34.1 Å². The second kappa shape index (κ2) is 15.6. The standard InChI is InChI=1S/C30H42N2O9/c1-16-10-9-11-23(37-5)28(41-30(31)36)18(3)12-17(2)27(40-8)24(38-6)13-19(4)26(39-7)21-14-20(33)15-22(25(21)34)32-29(16)35/h9-12,14-15,17,19,23-24,26-28H,13H2,1-8H3,(H2,31,36)(H,32,35)/t17-,19-,23-,24-,26+,27+,28-/m0/s1. The summed E-state index contributed by atoms with van der Waals surface area (Å²) in [4.78, 5) is 50.6. The fourth-order valence-corrected chi connectivity index (χ4v) is 5.21. The van der Waals surface area contributed by atoms with Crippen LogP contribution in [0, 0.1) is 11.8 Å². The van der Waals surface area contributed by atoms with Crippen LogP contribution >= 0.6 is 0 Å². The zero-order chi connectivity index (χ0) is 30.9. The molecule has 0 aromatic heterocycles. The Morgan fingerprint density at radius 1 is 0.951 bits per heavy atom. The van der Waals surface area contributed by atoms with Crippen LogP contribution < -0.4 is 11.1 Å². The van der Waals surface area contributed by atoms with Gasteiger partial charge in [-0.2, -0.15) is 0 Å². The van der Waals surface area contributed by atoms with E-state index in [2.05, 4.69) is 5.32 Å². The van der Waals surface area contributed by atoms with Crippen molar-refractivity contribution in [3.8, 4) is 0 Å². The number of Topliss-reactive ketones (excluding diaryl/α,β-unsaturated/α-hetero) is 1. The van der Waals surface area contributed by atoms with Crippen LogP contribution in [0.5, 0.6) is 0 Å². The number of fused-ring (bicyclic) bond motifs is 2. The van der Waals surface area contributed by atoms with E-state index in [1.165, 1.54) is 26.4 Å². The third kappa shape index (κ3) is 8.80. The molecule has 7 atom stereocenters. The Hall–Kier alpha value is -3.38. The first-order valence-corrected chi connectivity index (χ1v) is 13.3. The third-order valence-corrected chi connectivity index (χ3v) is 7.27. The van der Waals surface area contributed by atoms with Gasteiger partial charge in [-0.1, -0.05) is 38.2 Å². The van der Waals surface area contributed by atoms with Gasteiger partial charge in [-0.05, 0) is 37.8 Å². The second-order valence-electron chi connectivity index (χ2n) is 10.2. The molecule has 0 fully saturated rings. The maximum absolute atomic E-state index is 13.4. The number of hydrogen-bond donors (Lipinski definition) is 2. The van der Waals surface area contributed by atoms with Gasteiger partial charge in [0.2, 0.25) is 5.78 Å². The molecular formula is C30H42N2O9. The molecule has 0 saturated heterocycles. The Bertz CT molecular complexity index is 1150. The predicted molar refractivity (Wildman–Crippen MR) is 152 cm³/mol. The highest BCUT2D eigenvalue weighted by atomic mass is 16.6. The smallest absolute Gasteiger partial charge is 0.405 e. The molecule has 0 spiro atoms. The maximum Gasteiger partial charge on any atom is 0.405 e. The Balaban J connectivity index is 2.66. The largest absolute Gasteiger partial charge is 0.439 e. The number of nitrogens with two attached hydrogens (primary N) is 1. The molecule has 1 heterocycles. The first kappa shape index (κ1) is 33.8. The topological polar surface area (TPSA) is 152 Å². The summed E-state index contributed by atoms with van der Waals surface area (Å²) in [7, 11) is 6.05. The molecule has 2 aliphatic rings. The zero-order valence-corrected chi connectivity index (χ0v) is 25.0. The number of hydrogen-bond acceptors (Lipinski definition) is 9. The number of methoxy groups -OCH3 is 4. The van der Waals surface area contributed by atoms with E-state index in [-0.39, 0.29) is 28.7 Å². The van der Waals surface area contributed by atoms with Crippen molar-refractivity contribution in [3.05, 3.63) is 58.9 Å². The first-order chi connectivity index (χ1) is 19.4. The number of carbonyl (C=O) groups is 4. The molecule has 41 heavy (non-hydrogen) atoms. The molecule has 2 amide bonds. The number of carbonyl (C=O) groups excluding carboxylic acids is 4. The van der Waals surface area contributed by atoms with Crippen molar-refractivity contribution in [3.63, 3.8) is 0 Å². The highest BCUT2D eigenvalue weighted by Gasteiger charge is 2.36. The molecule has 0 unspecified atom stereocenters. The Labute approximate surface area is 241 Å². The number of nitrogens with one attached hydrogen (secondary N) is 1. The molecule has 2 rings (SSSR count). The van der Waals surface area contributed by atoms with Crippen LogP contribution in [0.25, 0.3) is 0 Å². The quantitative estimate of drug-likeness (QED) is 0.373. The average molecular weight is 575 g/mol. The number of ketones is 2. The van der Waals surface area contributed by atoms with E-state index in [0.717, 1.165) is 6.08 Å². The molecule has 1 aliphatic heterocycles. The molecule has 11 nitrogen and oxygen atoms in total. The maximum atomic E-state index is 13.4. The molecule has 0 aromatic rings. The summed E-state index contributed by atoms with van der Waals surface area (Å²) in [6.45, 7) is 7.17. The van der Waals surface area contributed by atoms with Crippen molar-refractivity contribution in [2.24, 2.45) is 17.6 Å². The average Bonchev–Trinajstić information content (AvgIpc) is 2.91. The molecule has 11 heteroatoms. The monoisotopic (exact) mass is 574 g/mol. The Morgan fingerprint density at radius 3 is 2.20 bits per heavy atom. The lowest BCUT2D eigenvalue weighted by atomic mass is 9.84. The zero-order valence-electron chi connectivity index (χ0n) is 25.0. The number of amides is 2. The van der Waals surface area contributed by atoms with Gasteiger partial charge in [0.15, 0.2) is 11.9 Å². The highest BCUT2D eigenvalue weighted by molar-refractivity contribution is 6.22. The van der Waals surface area contributed by atoms with Crippen LogP contribution in [0.2, 0.25) is 0 Å². The molecule has 1 aliphatic carbocycles. The highest BCUT2D eigenvalue weighted by Crippen LogP contribution is 2.30. The normalized spacial score (nSPS) is 30.5. The van der Waals surface area contributed by atoms with Gasteiger partial charge in [0.1, 0.15) is 6.10 Å². The van der Waals surface area contributed by atoms with Crippen LogP contribution in [-0.2, 0) is 38.1 Å². The van der Waals surface area contributed by atoms with Crippen LogP contribution in [0.4, 0.5) is 4.79 Å². The Morgan fingerprint density at radius 2 is 1.63 bits per heavy atom. The van der Waals surface area contributed by atoms with E-state index in [9.17, 15) is 19.2 Å². The van der Waals surface area contributed by atoms with Gasteiger partial charge in [0.25, 0.3) is 5.91 Å².